The maximum atomic E-state index is 13.2. The number of nitrogens with zero attached hydrogens (tertiary/aromatic N) is 2. The Bertz CT molecular complexity index is 1290. The number of hydrogen-bond donors (Lipinski definition) is 1. The van der Waals surface area contributed by atoms with Crippen LogP contribution in [0.15, 0.2) is 83.7 Å². The van der Waals surface area contributed by atoms with Gasteiger partial charge in [-0.25, -0.2) is 4.98 Å². The van der Waals surface area contributed by atoms with E-state index < -0.39 is 5.97 Å². The van der Waals surface area contributed by atoms with Crippen LogP contribution in [0.3, 0.4) is 0 Å². The summed E-state index contributed by atoms with van der Waals surface area (Å²) in [7, 11) is 0. The van der Waals surface area contributed by atoms with E-state index in [2.05, 4.69) is 0 Å². The van der Waals surface area contributed by atoms with Gasteiger partial charge in [-0.1, -0.05) is 48.5 Å². The van der Waals surface area contributed by atoms with E-state index in [0.717, 1.165) is 11.3 Å². The number of carbonyl (C=O) groups is 1. The molecule has 3 aromatic carbocycles. The average Bonchev–Trinajstić information content (AvgIpc) is 2.79. The highest BCUT2D eigenvalue weighted by atomic mass is 16.5. The summed E-state index contributed by atoms with van der Waals surface area (Å²) in [5.41, 5.74) is 2.15. The predicted octanol–water partition coefficient (Wildman–Crippen LogP) is 4.41. The lowest BCUT2D eigenvalue weighted by Gasteiger charge is -2.11. The van der Waals surface area contributed by atoms with Crippen molar-refractivity contribution >= 4 is 29.0 Å². The maximum Gasteiger partial charge on any atom is 0.306 e. The molecule has 154 valence electrons. The van der Waals surface area contributed by atoms with Gasteiger partial charge in [-0.2, -0.15) is 0 Å². The molecule has 0 aliphatic carbocycles. The Balaban J connectivity index is 1.67. The lowest BCUT2D eigenvalue weighted by Crippen LogP contribution is -2.22. The molecule has 0 fully saturated rings. The van der Waals surface area contributed by atoms with Crippen molar-refractivity contribution in [3.05, 3.63) is 101 Å². The van der Waals surface area contributed by atoms with E-state index in [0.29, 0.717) is 22.5 Å². The molecule has 0 bridgehead atoms. The highest BCUT2D eigenvalue weighted by Gasteiger charge is 2.10. The molecule has 6 heteroatoms. The number of aliphatic carboxylic acids is 1. The van der Waals surface area contributed by atoms with E-state index in [1.165, 1.54) is 0 Å². The average molecular weight is 412 g/mol. The smallest absolute Gasteiger partial charge is 0.306 e. The van der Waals surface area contributed by atoms with Gasteiger partial charge in [0.2, 0.25) is 0 Å². The highest BCUT2D eigenvalue weighted by molar-refractivity contribution is 5.80. The number of hydrogen-bond acceptors (Lipinski definition) is 4. The molecule has 0 spiro atoms. The van der Waals surface area contributed by atoms with E-state index in [1.807, 2.05) is 66.7 Å². The second-order valence-electron chi connectivity index (χ2n) is 6.86. The fourth-order valence-electron chi connectivity index (χ4n) is 3.19. The minimum absolute atomic E-state index is 0.0493. The van der Waals surface area contributed by atoms with E-state index in [1.54, 1.807) is 28.8 Å². The number of para-hydroxylation sites is 2. The Labute approximate surface area is 178 Å². The van der Waals surface area contributed by atoms with Gasteiger partial charge in [0.05, 0.1) is 29.6 Å². The van der Waals surface area contributed by atoms with Gasteiger partial charge < -0.3 is 9.84 Å². The number of fused-ring (bicyclic) bond motifs is 1. The van der Waals surface area contributed by atoms with Crippen LogP contribution in [0.5, 0.6) is 5.75 Å². The van der Waals surface area contributed by atoms with Gasteiger partial charge in [0.1, 0.15) is 11.6 Å². The summed E-state index contributed by atoms with van der Waals surface area (Å²) < 4.78 is 7.01. The third kappa shape index (κ3) is 4.70. The van der Waals surface area contributed by atoms with Gasteiger partial charge in [0.15, 0.2) is 0 Å². The van der Waals surface area contributed by atoms with Crippen molar-refractivity contribution in [3.63, 3.8) is 0 Å². The first-order valence-electron chi connectivity index (χ1n) is 9.82. The number of carboxylic acids is 1. The van der Waals surface area contributed by atoms with E-state index >= 15 is 0 Å². The van der Waals surface area contributed by atoms with Crippen molar-refractivity contribution in [3.8, 4) is 11.4 Å². The van der Waals surface area contributed by atoms with Crippen molar-refractivity contribution in [2.45, 2.75) is 6.42 Å². The Kier molecular flexibility index (Phi) is 5.89. The predicted molar refractivity (Wildman–Crippen MR) is 120 cm³/mol. The summed E-state index contributed by atoms with van der Waals surface area (Å²) in [4.78, 5) is 28.5. The fraction of sp³-hybridized carbons (Fsp3) is 0.0800. The van der Waals surface area contributed by atoms with Gasteiger partial charge in [0.25, 0.3) is 5.56 Å². The Morgan fingerprint density at radius 3 is 2.39 bits per heavy atom. The van der Waals surface area contributed by atoms with Gasteiger partial charge >= 0.3 is 5.97 Å². The molecule has 6 nitrogen and oxygen atoms in total. The SMILES string of the molecule is O=C(O)CCOc1ccc(C=Cc2nc3ccccc3c(=O)n2-c2ccccc2)cc1. The first-order valence-corrected chi connectivity index (χ1v) is 9.82. The van der Waals surface area contributed by atoms with Crippen LogP contribution in [0.25, 0.3) is 28.7 Å². The summed E-state index contributed by atoms with van der Waals surface area (Å²) in [6.07, 6.45) is 3.63. The van der Waals surface area contributed by atoms with Crippen LogP contribution in [-0.2, 0) is 4.79 Å². The number of benzene rings is 3. The number of ether oxygens (including phenoxy) is 1. The van der Waals surface area contributed by atoms with Gasteiger partial charge in [-0.05, 0) is 48.0 Å². The standard InChI is InChI=1S/C25H20N2O4/c28-24(29)16-17-31-20-13-10-18(11-14-20)12-15-23-26-22-9-5-4-8-21(22)25(30)27(23)19-6-2-1-3-7-19/h1-15H,16-17H2,(H,28,29). The molecule has 0 amide bonds. The summed E-state index contributed by atoms with van der Waals surface area (Å²) in [6.45, 7) is 0.120. The number of rotatable bonds is 7. The molecule has 0 aliphatic heterocycles. The molecule has 1 N–H and O–H groups in total. The minimum Gasteiger partial charge on any atom is -0.493 e. The molecular formula is C25H20N2O4. The third-order valence-electron chi connectivity index (χ3n) is 4.71. The molecule has 1 heterocycles. The maximum absolute atomic E-state index is 13.2. The van der Waals surface area contributed by atoms with Crippen molar-refractivity contribution < 1.29 is 14.6 Å². The zero-order valence-corrected chi connectivity index (χ0v) is 16.6. The summed E-state index contributed by atoms with van der Waals surface area (Å²) in [5.74, 6) is 0.229. The lowest BCUT2D eigenvalue weighted by atomic mass is 10.2. The molecular weight excluding hydrogens is 392 g/mol. The van der Waals surface area contributed by atoms with Gasteiger partial charge in [-0.15, -0.1) is 0 Å². The second kappa shape index (κ2) is 9.09. The van der Waals surface area contributed by atoms with E-state index in [4.69, 9.17) is 14.8 Å². The zero-order chi connectivity index (χ0) is 21.6. The number of carboxylic acid groups (broad SMARTS) is 1. The third-order valence-corrected chi connectivity index (χ3v) is 4.71. The summed E-state index contributed by atoms with van der Waals surface area (Å²) in [5, 5.41) is 9.25. The van der Waals surface area contributed by atoms with Crippen LogP contribution in [0.1, 0.15) is 17.8 Å². The van der Waals surface area contributed by atoms with E-state index in [-0.39, 0.29) is 18.6 Å². The van der Waals surface area contributed by atoms with Crippen LogP contribution in [0, 0.1) is 0 Å². The van der Waals surface area contributed by atoms with Crippen molar-refractivity contribution in [1.29, 1.82) is 0 Å². The van der Waals surface area contributed by atoms with Crippen LogP contribution in [0.2, 0.25) is 0 Å². The molecule has 0 atom stereocenters. The van der Waals surface area contributed by atoms with Crippen LogP contribution < -0.4 is 10.3 Å². The van der Waals surface area contributed by atoms with Crippen LogP contribution in [0.4, 0.5) is 0 Å². The Morgan fingerprint density at radius 2 is 1.65 bits per heavy atom. The summed E-state index contributed by atoms with van der Waals surface area (Å²) >= 11 is 0. The molecule has 0 unspecified atom stereocenters. The summed E-state index contributed by atoms with van der Waals surface area (Å²) in [6, 6.07) is 24.0. The first-order chi connectivity index (χ1) is 15.1. The monoisotopic (exact) mass is 412 g/mol. The second-order valence-corrected chi connectivity index (χ2v) is 6.86. The van der Waals surface area contributed by atoms with Gasteiger partial charge in [0, 0.05) is 0 Å². The molecule has 4 rings (SSSR count). The van der Waals surface area contributed by atoms with E-state index in [9.17, 15) is 9.59 Å². The zero-order valence-electron chi connectivity index (χ0n) is 16.6. The quantitative estimate of drug-likeness (QED) is 0.486. The molecule has 0 saturated heterocycles. The Morgan fingerprint density at radius 1 is 0.935 bits per heavy atom. The van der Waals surface area contributed by atoms with Crippen molar-refractivity contribution in [2.24, 2.45) is 0 Å². The van der Waals surface area contributed by atoms with Crippen LogP contribution >= 0.6 is 0 Å². The highest BCUT2D eigenvalue weighted by Crippen LogP contribution is 2.17. The van der Waals surface area contributed by atoms with Crippen LogP contribution in [-0.4, -0.2) is 27.2 Å². The first kappa shape index (κ1) is 20.1. The Hall–Kier alpha value is -4.19. The lowest BCUT2D eigenvalue weighted by molar-refractivity contribution is -0.137. The van der Waals surface area contributed by atoms with Gasteiger partial charge in [-0.3, -0.25) is 14.2 Å². The number of aromatic nitrogens is 2. The molecule has 31 heavy (non-hydrogen) atoms. The van der Waals surface area contributed by atoms with Crippen molar-refractivity contribution in [1.82, 2.24) is 9.55 Å². The van der Waals surface area contributed by atoms with Crippen molar-refractivity contribution in [2.75, 3.05) is 6.61 Å². The normalized spacial score (nSPS) is 11.1. The largest absolute Gasteiger partial charge is 0.493 e. The fourth-order valence-corrected chi connectivity index (χ4v) is 3.19. The topological polar surface area (TPSA) is 81.4 Å². The molecule has 0 radical (unpaired) electrons. The minimum atomic E-state index is -0.896. The molecule has 1 aromatic heterocycles. The molecule has 0 saturated carbocycles. The molecule has 4 aromatic rings. The molecule has 0 aliphatic rings.